The molecule has 0 bridgehead atoms. The zero-order chi connectivity index (χ0) is 24.6. The summed E-state index contributed by atoms with van der Waals surface area (Å²) in [5.74, 6) is 0.449. The number of hydrogen-bond donors (Lipinski definition) is 0. The molecule has 1 aromatic heterocycles. The Bertz CT molecular complexity index is 878. The Morgan fingerprint density at radius 1 is 0.971 bits per heavy atom. The third-order valence-corrected chi connectivity index (χ3v) is 5.57. The Hall–Kier alpha value is -3.02. The number of allylic oxidation sites excluding steroid dienone is 1. The van der Waals surface area contributed by atoms with Crippen molar-refractivity contribution in [1.29, 1.82) is 0 Å². The minimum atomic E-state index is -0.254. The molecule has 0 amide bonds. The van der Waals surface area contributed by atoms with Crippen molar-refractivity contribution in [2.45, 2.75) is 90.6 Å². The molecule has 0 aliphatic carbocycles. The summed E-state index contributed by atoms with van der Waals surface area (Å²) in [5.41, 5.74) is 2.04. The van der Waals surface area contributed by atoms with E-state index in [0.29, 0.717) is 18.0 Å². The predicted molar refractivity (Wildman–Crippen MR) is 134 cm³/mol. The van der Waals surface area contributed by atoms with Crippen LogP contribution in [0.1, 0.15) is 83.6 Å². The quantitative estimate of drug-likeness (QED) is 0.157. The fourth-order valence-electron chi connectivity index (χ4n) is 3.67. The molecule has 1 unspecified atom stereocenters. The van der Waals surface area contributed by atoms with Crippen LogP contribution in [0.25, 0.3) is 11.4 Å². The number of carbonyl (C=O) groups excluding carboxylic acids is 2. The molecule has 0 saturated carbocycles. The Balaban J connectivity index is 1.68. The molecular weight excluding hydrogens is 428 g/mol. The Labute approximate surface area is 203 Å². The van der Waals surface area contributed by atoms with Crippen molar-refractivity contribution >= 4 is 11.9 Å². The van der Waals surface area contributed by atoms with Crippen LogP contribution >= 0.6 is 0 Å². The van der Waals surface area contributed by atoms with Gasteiger partial charge in [0.2, 0.25) is 0 Å². The van der Waals surface area contributed by atoms with Gasteiger partial charge in [-0.3, -0.25) is 9.59 Å². The number of rotatable bonds is 16. The SMILES string of the molecule is C=CCCCCCCCCCC(=O)Oc1cnc(-c2ccc(CCC(C)OC(C)=O)cc2)nc1. The van der Waals surface area contributed by atoms with Gasteiger partial charge in [-0.2, -0.15) is 0 Å². The fourth-order valence-corrected chi connectivity index (χ4v) is 3.67. The summed E-state index contributed by atoms with van der Waals surface area (Å²) in [6.07, 6.45) is 16.0. The van der Waals surface area contributed by atoms with Crippen LogP contribution in [0.3, 0.4) is 0 Å². The smallest absolute Gasteiger partial charge is 0.311 e. The van der Waals surface area contributed by atoms with E-state index in [1.54, 1.807) is 0 Å². The first-order valence-corrected chi connectivity index (χ1v) is 12.4. The summed E-state index contributed by atoms with van der Waals surface area (Å²) in [5, 5.41) is 0. The average Bonchev–Trinajstić information content (AvgIpc) is 2.82. The van der Waals surface area contributed by atoms with E-state index in [4.69, 9.17) is 9.47 Å². The number of carbonyl (C=O) groups is 2. The van der Waals surface area contributed by atoms with Crippen LogP contribution in [-0.2, 0) is 20.7 Å². The molecule has 34 heavy (non-hydrogen) atoms. The van der Waals surface area contributed by atoms with E-state index in [1.165, 1.54) is 45.0 Å². The van der Waals surface area contributed by atoms with Crippen molar-refractivity contribution in [3.05, 3.63) is 54.9 Å². The Kier molecular flexibility index (Phi) is 12.6. The van der Waals surface area contributed by atoms with Crippen LogP contribution in [0.15, 0.2) is 49.3 Å². The molecule has 1 aromatic carbocycles. The molecule has 0 aliphatic rings. The van der Waals surface area contributed by atoms with Gasteiger partial charge >= 0.3 is 11.9 Å². The minimum absolute atomic E-state index is 0.104. The molecule has 6 heteroatoms. The van der Waals surface area contributed by atoms with Gasteiger partial charge in [-0.1, -0.05) is 62.4 Å². The molecule has 1 heterocycles. The van der Waals surface area contributed by atoms with Gasteiger partial charge in [-0.05, 0) is 44.6 Å². The lowest BCUT2D eigenvalue weighted by atomic mass is 10.1. The molecule has 0 spiro atoms. The summed E-state index contributed by atoms with van der Waals surface area (Å²) >= 11 is 0. The molecule has 6 nitrogen and oxygen atoms in total. The van der Waals surface area contributed by atoms with E-state index in [0.717, 1.165) is 49.7 Å². The number of hydrogen-bond acceptors (Lipinski definition) is 6. The number of benzene rings is 1. The fraction of sp³-hybridized carbons (Fsp3) is 0.500. The maximum absolute atomic E-state index is 12.1. The first-order chi connectivity index (χ1) is 16.5. The molecule has 1 atom stereocenters. The van der Waals surface area contributed by atoms with Crippen LogP contribution in [-0.4, -0.2) is 28.0 Å². The maximum atomic E-state index is 12.1. The molecule has 0 aliphatic heterocycles. The first kappa shape index (κ1) is 27.2. The molecule has 2 rings (SSSR count). The maximum Gasteiger partial charge on any atom is 0.311 e. The molecule has 184 valence electrons. The van der Waals surface area contributed by atoms with Gasteiger partial charge < -0.3 is 9.47 Å². The summed E-state index contributed by atoms with van der Waals surface area (Å²) in [4.78, 5) is 31.7. The molecule has 0 N–H and O–H groups in total. The summed E-state index contributed by atoms with van der Waals surface area (Å²) in [6.45, 7) is 7.06. The lowest BCUT2D eigenvalue weighted by molar-refractivity contribution is -0.145. The third-order valence-electron chi connectivity index (χ3n) is 5.57. The van der Waals surface area contributed by atoms with Crippen molar-refractivity contribution in [3.63, 3.8) is 0 Å². The molecular formula is C28H38N2O4. The van der Waals surface area contributed by atoms with Gasteiger partial charge in [-0.15, -0.1) is 6.58 Å². The monoisotopic (exact) mass is 466 g/mol. The topological polar surface area (TPSA) is 78.4 Å². The van der Waals surface area contributed by atoms with Crippen LogP contribution in [0.5, 0.6) is 5.75 Å². The molecule has 0 radical (unpaired) electrons. The molecule has 0 saturated heterocycles. The number of aromatic nitrogens is 2. The van der Waals surface area contributed by atoms with Crippen LogP contribution in [0.4, 0.5) is 0 Å². The number of ether oxygens (including phenoxy) is 2. The zero-order valence-electron chi connectivity index (χ0n) is 20.6. The number of aryl methyl sites for hydroxylation is 1. The van der Waals surface area contributed by atoms with Crippen molar-refractivity contribution in [2.24, 2.45) is 0 Å². The van der Waals surface area contributed by atoms with E-state index < -0.39 is 0 Å². The van der Waals surface area contributed by atoms with Crippen molar-refractivity contribution in [2.75, 3.05) is 0 Å². The van der Waals surface area contributed by atoms with Gasteiger partial charge in [0.15, 0.2) is 11.6 Å². The average molecular weight is 467 g/mol. The van der Waals surface area contributed by atoms with Crippen molar-refractivity contribution in [1.82, 2.24) is 9.97 Å². The van der Waals surface area contributed by atoms with Gasteiger partial charge in [0.1, 0.15) is 0 Å². The lowest BCUT2D eigenvalue weighted by Crippen LogP contribution is -2.12. The van der Waals surface area contributed by atoms with E-state index in [-0.39, 0.29) is 18.0 Å². The Morgan fingerprint density at radius 2 is 1.59 bits per heavy atom. The molecule has 2 aromatic rings. The second kappa shape index (κ2) is 15.8. The van der Waals surface area contributed by atoms with Crippen LogP contribution < -0.4 is 4.74 Å². The van der Waals surface area contributed by atoms with Crippen LogP contribution in [0, 0.1) is 0 Å². The highest BCUT2D eigenvalue weighted by atomic mass is 16.5. The summed E-state index contributed by atoms with van der Waals surface area (Å²) < 4.78 is 10.5. The van der Waals surface area contributed by atoms with Crippen molar-refractivity contribution < 1.29 is 19.1 Å². The Morgan fingerprint density at radius 3 is 2.21 bits per heavy atom. The number of esters is 2. The van der Waals surface area contributed by atoms with E-state index >= 15 is 0 Å². The van der Waals surface area contributed by atoms with E-state index in [2.05, 4.69) is 16.5 Å². The van der Waals surface area contributed by atoms with E-state index in [9.17, 15) is 9.59 Å². The standard InChI is InChI=1S/C28H38N2O4/c1-4-5-6-7-8-9-10-11-12-13-27(32)34-26-20-29-28(30-21-26)25-18-16-24(17-19-25)15-14-22(2)33-23(3)31/h4,16-22H,1,5-15H2,2-3H3. The van der Waals surface area contributed by atoms with Crippen molar-refractivity contribution in [3.8, 4) is 17.1 Å². The summed E-state index contributed by atoms with van der Waals surface area (Å²) in [6, 6.07) is 7.97. The predicted octanol–water partition coefficient (Wildman–Crippen LogP) is 6.63. The highest BCUT2D eigenvalue weighted by molar-refractivity contribution is 5.72. The first-order valence-electron chi connectivity index (χ1n) is 12.4. The normalized spacial score (nSPS) is 11.6. The lowest BCUT2D eigenvalue weighted by Gasteiger charge is -2.11. The molecule has 0 fully saturated rings. The highest BCUT2D eigenvalue weighted by Gasteiger charge is 2.09. The third kappa shape index (κ3) is 11.2. The number of unbranched alkanes of at least 4 members (excludes halogenated alkanes) is 7. The van der Waals surface area contributed by atoms with Crippen LogP contribution in [0.2, 0.25) is 0 Å². The number of nitrogens with zero attached hydrogens (tertiary/aromatic N) is 2. The van der Waals surface area contributed by atoms with Gasteiger partial charge in [0.05, 0.1) is 18.5 Å². The van der Waals surface area contributed by atoms with Gasteiger partial charge in [0, 0.05) is 18.9 Å². The highest BCUT2D eigenvalue weighted by Crippen LogP contribution is 2.19. The zero-order valence-corrected chi connectivity index (χ0v) is 20.6. The minimum Gasteiger partial charge on any atom is -0.463 e. The van der Waals surface area contributed by atoms with E-state index in [1.807, 2.05) is 37.3 Å². The summed E-state index contributed by atoms with van der Waals surface area (Å²) in [7, 11) is 0. The largest absolute Gasteiger partial charge is 0.463 e. The van der Waals surface area contributed by atoms with Gasteiger partial charge in [0.25, 0.3) is 0 Å². The van der Waals surface area contributed by atoms with Gasteiger partial charge in [-0.25, -0.2) is 9.97 Å². The second-order valence-electron chi connectivity index (χ2n) is 8.67. The second-order valence-corrected chi connectivity index (χ2v) is 8.67.